The predicted molar refractivity (Wildman–Crippen MR) is 88.1 cm³/mol. The first-order valence-electron chi connectivity index (χ1n) is 7.34. The van der Waals surface area contributed by atoms with E-state index in [0.29, 0.717) is 6.42 Å². The molecule has 0 spiro atoms. The molecular weight excluding hydrogens is 326 g/mol. The summed E-state index contributed by atoms with van der Waals surface area (Å²) in [6, 6.07) is 16.5. The highest BCUT2D eigenvalue weighted by atomic mass is 79.9. The van der Waals surface area contributed by atoms with E-state index in [1.165, 1.54) is 11.1 Å². The van der Waals surface area contributed by atoms with Crippen LogP contribution in [0.15, 0.2) is 53.0 Å². The molecule has 0 unspecified atom stereocenters. The van der Waals surface area contributed by atoms with Gasteiger partial charge in [-0.1, -0.05) is 52.3 Å². The maximum absolute atomic E-state index is 12.3. The summed E-state index contributed by atoms with van der Waals surface area (Å²) in [6.45, 7) is 0. The van der Waals surface area contributed by atoms with Crippen molar-refractivity contribution in [1.82, 2.24) is 5.32 Å². The van der Waals surface area contributed by atoms with Crippen LogP contribution in [0.4, 0.5) is 0 Å². The van der Waals surface area contributed by atoms with Gasteiger partial charge < -0.3 is 5.32 Å². The lowest BCUT2D eigenvalue weighted by Gasteiger charge is -2.26. The Kier molecular flexibility index (Phi) is 4.39. The van der Waals surface area contributed by atoms with E-state index >= 15 is 0 Å². The molecule has 2 nitrogen and oxygen atoms in total. The Morgan fingerprint density at radius 1 is 1.19 bits per heavy atom. The second-order valence-corrected chi connectivity index (χ2v) is 6.43. The molecular formula is C18H18BrNO. The Bertz CT molecular complexity index is 653. The Morgan fingerprint density at radius 2 is 2.05 bits per heavy atom. The lowest BCUT2D eigenvalue weighted by atomic mass is 9.87. The lowest BCUT2D eigenvalue weighted by molar-refractivity contribution is -0.121. The maximum atomic E-state index is 12.3. The maximum Gasteiger partial charge on any atom is 0.224 e. The summed E-state index contributed by atoms with van der Waals surface area (Å²) in [4.78, 5) is 12.3. The first kappa shape index (κ1) is 14.3. The van der Waals surface area contributed by atoms with E-state index < -0.39 is 0 Å². The number of carbonyl (C=O) groups excluding carboxylic acids is 1. The van der Waals surface area contributed by atoms with Gasteiger partial charge in [0.1, 0.15) is 0 Å². The average Bonchev–Trinajstić information content (AvgIpc) is 2.47. The molecule has 3 rings (SSSR count). The highest BCUT2D eigenvalue weighted by molar-refractivity contribution is 9.10. The van der Waals surface area contributed by atoms with Crippen LogP contribution in [-0.2, 0) is 17.6 Å². The van der Waals surface area contributed by atoms with Crippen molar-refractivity contribution >= 4 is 21.8 Å². The number of hydrogen-bond donors (Lipinski definition) is 1. The number of hydrogen-bond acceptors (Lipinski definition) is 1. The summed E-state index contributed by atoms with van der Waals surface area (Å²) in [7, 11) is 0. The number of benzene rings is 2. The zero-order chi connectivity index (χ0) is 14.7. The SMILES string of the molecule is O=C(Cc1cccc(Br)c1)N[C@@H]1CCCc2ccccc21. The number of halogens is 1. The third-order valence-corrected chi connectivity index (χ3v) is 4.45. The summed E-state index contributed by atoms with van der Waals surface area (Å²) in [6.07, 6.45) is 3.71. The molecule has 3 heteroatoms. The van der Waals surface area contributed by atoms with Crippen LogP contribution in [0.5, 0.6) is 0 Å². The molecule has 0 aliphatic heterocycles. The van der Waals surface area contributed by atoms with Crippen LogP contribution < -0.4 is 5.32 Å². The first-order valence-corrected chi connectivity index (χ1v) is 8.13. The van der Waals surface area contributed by atoms with Crippen molar-refractivity contribution in [2.45, 2.75) is 31.7 Å². The number of nitrogens with one attached hydrogen (secondary N) is 1. The molecule has 108 valence electrons. The topological polar surface area (TPSA) is 29.1 Å². The van der Waals surface area contributed by atoms with Gasteiger partial charge in [-0.05, 0) is 48.1 Å². The second kappa shape index (κ2) is 6.44. The fourth-order valence-electron chi connectivity index (χ4n) is 2.98. The van der Waals surface area contributed by atoms with E-state index in [2.05, 4.69) is 45.5 Å². The van der Waals surface area contributed by atoms with Gasteiger partial charge in [-0.3, -0.25) is 4.79 Å². The van der Waals surface area contributed by atoms with Crippen LogP contribution in [0.1, 0.15) is 35.6 Å². The molecule has 1 amide bonds. The molecule has 1 atom stereocenters. The van der Waals surface area contributed by atoms with Crippen LogP contribution >= 0.6 is 15.9 Å². The zero-order valence-electron chi connectivity index (χ0n) is 11.8. The van der Waals surface area contributed by atoms with E-state index in [1.807, 2.05) is 24.3 Å². The van der Waals surface area contributed by atoms with Crippen LogP contribution in [0.25, 0.3) is 0 Å². The van der Waals surface area contributed by atoms with Crippen LogP contribution in [0, 0.1) is 0 Å². The van der Waals surface area contributed by atoms with Gasteiger partial charge in [0.05, 0.1) is 12.5 Å². The molecule has 0 fully saturated rings. The van der Waals surface area contributed by atoms with Gasteiger partial charge in [0.15, 0.2) is 0 Å². The Labute approximate surface area is 133 Å². The molecule has 0 heterocycles. The molecule has 21 heavy (non-hydrogen) atoms. The number of aryl methyl sites for hydroxylation is 1. The van der Waals surface area contributed by atoms with E-state index in [1.54, 1.807) is 0 Å². The molecule has 2 aromatic carbocycles. The van der Waals surface area contributed by atoms with E-state index in [9.17, 15) is 4.79 Å². The van der Waals surface area contributed by atoms with Crippen molar-refractivity contribution < 1.29 is 4.79 Å². The highest BCUT2D eigenvalue weighted by Crippen LogP contribution is 2.29. The molecule has 1 aliphatic rings. The molecule has 0 aromatic heterocycles. The molecule has 0 saturated heterocycles. The monoisotopic (exact) mass is 343 g/mol. The van der Waals surface area contributed by atoms with Crippen molar-refractivity contribution in [3.8, 4) is 0 Å². The van der Waals surface area contributed by atoms with Crippen molar-refractivity contribution in [2.24, 2.45) is 0 Å². The Morgan fingerprint density at radius 3 is 2.90 bits per heavy atom. The number of rotatable bonds is 3. The second-order valence-electron chi connectivity index (χ2n) is 5.52. The molecule has 0 radical (unpaired) electrons. The molecule has 0 bridgehead atoms. The van der Waals surface area contributed by atoms with Crippen molar-refractivity contribution in [3.05, 3.63) is 69.7 Å². The predicted octanol–water partition coefficient (Wildman–Crippen LogP) is 4.19. The van der Waals surface area contributed by atoms with Gasteiger partial charge in [-0.2, -0.15) is 0 Å². The van der Waals surface area contributed by atoms with Crippen LogP contribution in [0.2, 0.25) is 0 Å². The normalized spacial score (nSPS) is 17.1. The van der Waals surface area contributed by atoms with Gasteiger partial charge in [-0.25, -0.2) is 0 Å². The third-order valence-electron chi connectivity index (χ3n) is 3.96. The fourth-order valence-corrected chi connectivity index (χ4v) is 3.43. The van der Waals surface area contributed by atoms with Crippen LogP contribution in [-0.4, -0.2) is 5.91 Å². The molecule has 1 aliphatic carbocycles. The smallest absolute Gasteiger partial charge is 0.224 e. The Balaban J connectivity index is 1.68. The van der Waals surface area contributed by atoms with Crippen molar-refractivity contribution in [3.63, 3.8) is 0 Å². The van der Waals surface area contributed by atoms with Gasteiger partial charge in [0.2, 0.25) is 5.91 Å². The Hall–Kier alpha value is -1.61. The lowest BCUT2D eigenvalue weighted by Crippen LogP contribution is -2.32. The van der Waals surface area contributed by atoms with Crippen LogP contribution in [0.3, 0.4) is 0 Å². The van der Waals surface area contributed by atoms with Gasteiger partial charge in [-0.15, -0.1) is 0 Å². The quantitative estimate of drug-likeness (QED) is 0.889. The third kappa shape index (κ3) is 3.53. The van der Waals surface area contributed by atoms with Gasteiger partial charge >= 0.3 is 0 Å². The fraction of sp³-hybridized carbons (Fsp3) is 0.278. The minimum atomic E-state index is 0.0924. The standard InChI is InChI=1S/C18H18BrNO/c19-15-8-3-5-13(11-15)12-18(21)20-17-10-4-7-14-6-1-2-9-16(14)17/h1-3,5-6,8-9,11,17H,4,7,10,12H2,(H,20,21)/t17-/m1/s1. The van der Waals surface area contributed by atoms with E-state index in [-0.39, 0.29) is 11.9 Å². The number of fused-ring (bicyclic) bond motifs is 1. The largest absolute Gasteiger partial charge is 0.349 e. The van der Waals surface area contributed by atoms with Crippen molar-refractivity contribution in [1.29, 1.82) is 0 Å². The molecule has 1 N–H and O–H groups in total. The summed E-state index contributed by atoms with van der Waals surface area (Å²) in [5.74, 6) is 0.0924. The summed E-state index contributed by atoms with van der Waals surface area (Å²) in [5, 5.41) is 3.19. The summed E-state index contributed by atoms with van der Waals surface area (Å²) >= 11 is 3.44. The number of carbonyl (C=O) groups is 1. The highest BCUT2D eigenvalue weighted by Gasteiger charge is 2.21. The zero-order valence-corrected chi connectivity index (χ0v) is 13.4. The van der Waals surface area contributed by atoms with E-state index in [4.69, 9.17) is 0 Å². The average molecular weight is 344 g/mol. The summed E-state index contributed by atoms with van der Waals surface area (Å²) < 4.78 is 1.01. The van der Waals surface area contributed by atoms with Gasteiger partial charge in [0, 0.05) is 4.47 Å². The first-order chi connectivity index (χ1) is 10.2. The molecule has 2 aromatic rings. The van der Waals surface area contributed by atoms with Crippen molar-refractivity contribution in [2.75, 3.05) is 0 Å². The minimum Gasteiger partial charge on any atom is -0.349 e. The summed E-state index contributed by atoms with van der Waals surface area (Å²) in [5.41, 5.74) is 3.69. The molecule has 0 saturated carbocycles. The van der Waals surface area contributed by atoms with E-state index in [0.717, 1.165) is 29.3 Å². The minimum absolute atomic E-state index is 0.0924. The number of amides is 1. The van der Waals surface area contributed by atoms with Gasteiger partial charge in [0.25, 0.3) is 0 Å².